The average Bonchev–Trinajstić information content (AvgIpc) is 2.98. The molecule has 0 amide bonds. The zero-order valence-corrected chi connectivity index (χ0v) is 10.0. The molecule has 18 heavy (non-hydrogen) atoms. The number of carbonyl (C=O) groups is 1. The van der Waals surface area contributed by atoms with Gasteiger partial charge in [-0.3, -0.25) is 9.36 Å². The molecule has 3 heterocycles. The number of hydrogen-bond acceptors (Lipinski definition) is 5. The molecule has 5 nitrogen and oxygen atoms in total. The van der Waals surface area contributed by atoms with E-state index < -0.39 is 5.76 Å². The molecule has 90 valence electrons. The second-order valence-corrected chi connectivity index (χ2v) is 4.63. The van der Waals surface area contributed by atoms with E-state index in [0.29, 0.717) is 16.1 Å². The minimum Gasteiger partial charge on any atom is -0.406 e. The number of Topliss-reactive ketones (excluding diaryl/α,β-unsaturated/α-hetero) is 1. The van der Waals surface area contributed by atoms with E-state index in [1.807, 2.05) is 5.38 Å². The van der Waals surface area contributed by atoms with Gasteiger partial charge in [0.1, 0.15) is 0 Å². The van der Waals surface area contributed by atoms with Gasteiger partial charge in [0.25, 0.3) is 0 Å². The van der Waals surface area contributed by atoms with Crippen molar-refractivity contribution < 1.29 is 9.21 Å². The number of rotatable bonds is 3. The van der Waals surface area contributed by atoms with Crippen LogP contribution in [-0.4, -0.2) is 15.3 Å². The minimum absolute atomic E-state index is 0.0522. The van der Waals surface area contributed by atoms with Gasteiger partial charge in [-0.25, -0.2) is 9.78 Å². The summed E-state index contributed by atoms with van der Waals surface area (Å²) in [5.41, 5.74) is 0.786. The summed E-state index contributed by atoms with van der Waals surface area (Å²) in [5.74, 6) is -0.686. The van der Waals surface area contributed by atoms with Crippen LogP contribution in [0.3, 0.4) is 0 Å². The van der Waals surface area contributed by atoms with Crippen molar-refractivity contribution in [3.8, 4) is 0 Å². The van der Waals surface area contributed by atoms with Crippen molar-refractivity contribution in [2.24, 2.45) is 0 Å². The van der Waals surface area contributed by atoms with Crippen molar-refractivity contribution in [3.63, 3.8) is 0 Å². The maximum atomic E-state index is 12.0. The van der Waals surface area contributed by atoms with Crippen LogP contribution in [-0.2, 0) is 6.54 Å². The molecule has 0 radical (unpaired) electrons. The average molecular weight is 260 g/mol. The molecule has 3 aromatic rings. The van der Waals surface area contributed by atoms with Crippen LogP contribution in [0.25, 0.3) is 11.2 Å². The quantitative estimate of drug-likeness (QED) is 0.675. The number of nitrogens with zero attached hydrogens (tertiary/aromatic N) is 2. The molecule has 0 fully saturated rings. The SMILES string of the molecule is O=C(Cn1c(=O)oc2cccnc21)c1cccs1. The summed E-state index contributed by atoms with van der Waals surface area (Å²) in [6.07, 6.45) is 1.56. The van der Waals surface area contributed by atoms with Gasteiger partial charge in [0.05, 0.1) is 11.4 Å². The minimum atomic E-state index is -0.561. The van der Waals surface area contributed by atoms with E-state index >= 15 is 0 Å². The highest BCUT2D eigenvalue weighted by Gasteiger charge is 2.14. The molecule has 6 heteroatoms. The highest BCUT2D eigenvalue weighted by molar-refractivity contribution is 7.12. The van der Waals surface area contributed by atoms with Gasteiger partial charge in [0, 0.05) is 6.20 Å². The largest absolute Gasteiger partial charge is 0.421 e. The highest BCUT2D eigenvalue weighted by Crippen LogP contribution is 2.13. The predicted octanol–water partition coefficient (Wildman–Crippen LogP) is 1.93. The van der Waals surface area contributed by atoms with Crippen LogP contribution in [0.4, 0.5) is 0 Å². The van der Waals surface area contributed by atoms with E-state index in [9.17, 15) is 9.59 Å². The first-order valence-corrected chi connectivity index (χ1v) is 6.15. The normalized spacial score (nSPS) is 10.9. The molecule has 3 rings (SSSR count). The van der Waals surface area contributed by atoms with Gasteiger partial charge in [0.15, 0.2) is 17.0 Å². The Hall–Kier alpha value is -2.21. The molecule has 0 saturated carbocycles. The number of aromatic nitrogens is 2. The van der Waals surface area contributed by atoms with Gasteiger partial charge >= 0.3 is 5.76 Å². The molecule has 0 N–H and O–H groups in total. The van der Waals surface area contributed by atoms with E-state index in [2.05, 4.69) is 4.98 Å². The van der Waals surface area contributed by atoms with Crippen molar-refractivity contribution in [3.05, 3.63) is 51.3 Å². The summed E-state index contributed by atoms with van der Waals surface area (Å²) in [6, 6.07) is 6.85. The van der Waals surface area contributed by atoms with Gasteiger partial charge in [-0.15, -0.1) is 11.3 Å². The Morgan fingerprint density at radius 3 is 3.06 bits per heavy atom. The van der Waals surface area contributed by atoms with Crippen LogP contribution in [0.1, 0.15) is 9.67 Å². The topological polar surface area (TPSA) is 65.1 Å². The van der Waals surface area contributed by atoms with E-state index in [4.69, 9.17) is 4.42 Å². The Morgan fingerprint density at radius 2 is 2.28 bits per heavy atom. The Balaban J connectivity index is 2.03. The number of fused-ring (bicyclic) bond motifs is 1. The monoisotopic (exact) mass is 260 g/mol. The van der Waals surface area contributed by atoms with Crippen molar-refractivity contribution in [1.29, 1.82) is 0 Å². The first-order valence-electron chi connectivity index (χ1n) is 5.27. The molecular weight excluding hydrogens is 252 g/mol. The summed E-state index contributed by atoms with van der Waals surface area (Å²) >= 11 is 1.35. The maximum absolute atomic E-state index is 12.0. The van der Waals surface area contributed by atoms with E-state index in [0.717, 1.165) is 0 Å². The fraction of sp³-hybridized carbons (Fsp3) is 0.0833. The summed E-state index contributed by atoms with van der Waals surface area (Å²) < 4.78 is 6.26. The molecule has 0 atom stereocenters. The van der Waals surface area contributed by atoms with E-state index in [1.165, 1.54) is 15.9 Å². The van der Waals surface area contributed by atoms with Gasteiger partial charge in [-0.05, 0) is 23.6 Å². The summed E-state index contributed by atoms with van der Waals surface area (Å²) in [5, 5.41) is 1.82. The molecular formula is C12H8N2O3S. The predicted molar refractivity (Wildman–Crippen MR) is 66.9 cm³/mol. The summed E-state index contributed by atoms with van der Waals surface area (Å²) in [6.45, 7) is -0.0522. The number of hydrogen-bond donors (Lipinski definition) is 0. The Labute approximate surface area is 105 Å². The highest BCUT2D eigenvalue weighted by atomic mass is 32.1. The molecule has 0 aromatic carbocycles. The lowest BCUT2D eigenvalue weighted by Gasteiger charge is -1.98. The Kier molecular flexibility index (Phi) is 2.56. The number of thiophene rings is 1. The molecule has 0 aliphatic carbocycles. The maximum Gasteiger partial charge on any atom is 0.421 e. The lowest BCUT2D eigenvalue weighted by Crippen LogP contribution is -2.20. The number of carbonyl (C=O) groups excluding carboxylic acids is 1. The fourth-order valence-electron chi connectivity index (χ4n) is 1.70. The Bertz CT molecular complexity index is 755. The zero-order chi connectivity index (χ0) is 12.5. The van der Waals surface area contributed by atoms with Gasteiger partial charge in [-0.1, -0.05) is 6.07 Å². The third-order valence-electron chi connectivity index (χ3n) is 2.52. The first-order chi connectivity index (χ1) is 8.75. The number of oxazole rings is 1. The molecule has 0 aliphatic heterocycles. The van der Waals surface area contributed by atoms with E-state index in [-0.39, 0.29) is 12.3 Å². The lowest BCUT2D eigenvalue weighted by atomic mass is 10.3. The van der Waals surface area contributed by atoms with Crippen LogP contribution in [0.2, 0.25) is 0 Å². The van der Waals surface area contributed by atoms with Gasteiger partial charge in [-0.2, -0.15) is 0 Å². The third-order valence-corrected chi connectivity index (χ3v) is 3.43. The van der Waals surface area contributed by atoms with Crippen LogP contribution >= 0.6 is 11.3 Å². The summed E-state index contributed by atoms with van der Waals surface area (Å²) in [7, 11) is 0. The zero-order valence-electron chi connectivity index (χ0n) is 9.20. The first kappa shape index (κ1) is 10.9. The molecule has 3 aromatic heterocycles. The summed E-state index contributed by atoms with van der Waals surface area (Å²) in [4.78, 5) is 28.3. The van der Waals surface area contributed by atoms with Gasteiger partial charge in [0.2, 0.25) is 0 Å². The smallest absolute Gasteiger partial charge is 0.406 e. The van der Waals surface area contributed by atoms with Crippen LogP contribution in [0.5, 0.6) is 0 Å². The van der Waals surface area contributed by atoms with E-state index in [1.54, 1.807) is 30.5 Å². The van der Waals surface area contributed by atoms with Crippen molar-refractivity contribution in [1.82, 2.24) is 9.55 Å². The second kappa shape index (κ2) is 4.23. The van der Waals surface area contributed by atoms with Crippen LogP contribution < -0.4 is 5.76 Å². The van der Waals surface area contributed by atoms with Crippen molar-refractivity contribution in [2.45, 2.75) is 6.54 Å². The third kappa shape index (κ3) is 1.76. The molecule has 0 saturated heterocycles. The molecule has 0 unspecified atom stereocenters. The van der Waals surface area contributed by atoms with Gasteiger partial charge < -0.3 is 4.42 Å². The Morgan fingerprint density at radius 1 is 1.39 bits per heavy atom. The van der Waals surface area contributed by atoms with Crippen LogP contribution in [0, 0.1) is 0 Å². The van der Waals surface area contributed by atoms with Crippen molar-refractivity contribution >= 4 is 28.4 Å². The number of pyridine rings is 1. The molecule has 0 bridgehead atoms. The van der Waals surface area contributed by atoms with Crippen LogP contribution in [0.15, 0.2) is 45.1 Å². The standard InChI is InChI=1S/C12H8N2O3S/c15-8(10-4-2-6-18-10)7-14-11-9(17-12(14)16)3-1-5-13-11/h1-6H,7H2. The number of ketones is 1. The lowest BCUT2D eigenvalue weighted by molar-refractivity contribution is 0.0974. The molecule has 0 aliphatic rings. The fourth-order valence-corrected chi connectivity index (χ4v) is 2.36. The second-order valence-electron chi connectivity index (χ2n) is 3.68. The van der Waals surface area contributed by atoms with Crippen molar-refractivity contribution in [2.75, 3.05) is 0 Å². The molecule has 0 spiro atoms.